The van der Waals surface area contributed by atoms with Gasteiger partial charge in [-0.15, -0.1) is 10.2 Å². The first-order valence-electron chi connectivity index (χ1n) is 6.69. The van der Waals surface area contributed by atoms with E-state index in [1.54, 1.807) is 6.07 Å². The van der Waals surface area contributed by atoms with Gasteiger partial charge in [0.1, 0.15) is 10.6 Å². The number of benzene rings is 2. The molecule has 0 radical (unpaired) electrons. The molecule has 0 saturated heterocycles. The predicted molar refractivity (Wildman–Crippen MR) is 94.1 cm³/mol. The summed E-state index contributed by atoms with van der Waals surface area (Å²) in [6.45, 7) is 0. The molecule has 0 fully saturated rings. The number of nitrogens with zero attached hydrogens (tertiary/aromatic N) is 3. The highest BCUT2D eigenvalue weighted by atomic mass is 79.9. The molecule has 0 bridgehead atoms. The molecule has 0 aliphatic carbocycles. The van der Waals surface area contributed by atoms with Gasteiger partial charge in [0.2, 0.25) is 5.13 Å². The van der Waals surface area contributed by atoms with Crippen LogP contribution in [0, 0.1) is 10.1 Å². The van der Waals surface area contributed by atoms with Crippen LogP contribution < -0.4 is 5.32 Å². The average Bonchev–Trinajstić information content (AvgIpc) is 3.04. The van der Waals surface area contributed by atoms with E-state index in [1.807, 2.05) is 24.3 Å². The normalized spacial score (nSPS) is 10.4. The van der Waals surface area contributed by atoms with E-state index in [0.29, 0.717) is 5.01 Å². The zero-order chi connectivity index (χ0) is 17.1. The summed E-state index contributed by atoms with van der Waals surface area (Å²) >= 11 is 4.55. The lowest BCUT2D eigenvalue weighted by molar-refractivity contribution is -0.385. The average molecular weight is 405 g/mol. The summed E-state index contributed by atoms with van der Waals surface area (Å²) in [6.07, 6.45) is 0. The Balaban J connectivity index is 1.81. The standard InChI is InChI=1S/C15H9BrN4O3S/c16-10-7-5-9(6-8-10)14-18-19-15(24-14)17-13(21)11-3-1-2-4-12(11)20(22)23/h1-8H,(H,17,19,21). The second-order valence-electron chi connectivity index (χ2n) is 4.65. The van der Waals surface area contributed by atoms with Gasteiger partial charge in [0.25, 0.3) is 11.6 Å². The number of anilines is 1. The van der Waals surface area contributed by atoms with E-state index in [0.717, 1.165) is 10.0 Å². The summed E-state index contributed by atoms with van der Waals surface area (Å²) in [6, 6.07) is 13.2. The number of nitro benzene ring substituents is 1. The number of carbonyl (C=O) groups excluding carboxylic acids is 1. The number of nitro groups is 1. The lowest BCUT2D eigenvalue weighted by Crippen LogP contribution is -2.13. The maximum Gasteiger partial charge on any atom is 0.282 e. The lowest BCUT2D eigenvalue weighted by atomic mass is 10.1. The molecule has 3 aromatic rings. The lowest BCUT2D eigenvalue weighted by Gasteiger charge is -2.01. The molecular formula is C15H9BrN4O3S. The van der Waals surface area contributed by atoms with Crippen LogP contribution in [0.2, 0.25) is 0 Å². The molecule has 120 valence electrons. The van der Waals surface area contributed by atoms with E-state index in [1.165, 1.54) is 29.5 Å². The van der Waals surface area contributed by atoms with Crippen LogP contribution in [0.15, 0.2) is 53.0 Å². The predicted octanol–water partition coefficient (Wildman–Crippen LogP) is 4.13. The van der Waals surface area contributed by atoms with Crippen LogP contribution in [0.4, 0.5) is 10.8 Å². The molecule has 0 aliphatic rings. The van der Waals surface area contributed by atoms with E-state index < -0.39 is 10.8 Å². The second-order valence-corrected chi connectivity index (χ2v) is 6.54. The minimum atomic E-state index is -0.596. The van der Waals surface area contributed by atoms with Crippen molar-refractivity contribution in [3.05, 3.63) is 68.7 Å². The Labute approximate surface area is 148 Å². The van der Waals surface area contributed by atoms with Gasteiger partial charge in [0.05, 0.1) is 4.92 Å². The van der Waals surface area contributed by atoms with Crippen molar-refractivity contribution >= 4 is 44.0 Å². The van der Waals surface area contributed by atoms with Crippen LogP contribution in [-0.4, -0.2) is 21.0 Å². The van der Waals surface area contributed by atoms with E-state index in [2.05, 4.69) is 31.4 Å². The Morgan fingerprint density at radius 2 is 1.83 bits per heavy atom. The number of nitrogens with one attached hydrogen (secondary N) is 1. The molecule has 0 atom stereocenters. The fourth-order valence-electron chi connectivity index (χ4n) is 1.97. The minimum absolute atomic E-state index is 0.0251. The molecule has 1 amide bonds. The van der Waals surface area contributed by atoms with Crippen molar-refractivity contribution in [1.82, 2.24) is 10.2 Å². The maximum absolute atomic E-state index is 12.2. The van der Waals surface area contributed by atoms with Crippen LogP contribution in [-0.2, 0) is 0 Å². The van der Waals surface area contributed by atoms with Crippen molar-refractivity contribution in [2.75, 3.05) is 5.32 Å². The van der Waals surface area contributed by atoms with E-state index >= 15 is 0 Å². The fourth-order valence-corrected chi connectivity index (χ4v) is 2.98. The monoisotopic (exact) mass is 404 g/mol. The van der Waals surface area contributed by atoms with Gasteiger partial charge in [0.15, 0.2) is 0 Å². The smallest absolute Gasteiger partial charge is 0.282 e. The largest absolute Gasteiger partial charge is 0.296 e. The van der Waals surface area contributed by atoms with Gasteiger partial charge < -0.3 is 0 Å². The third-order valence-corrected chi connectivity index (χ3v) is 4.50. The van der Waals surface area contributed by atoms with Crippen molar-refractivity contribution in [1.29, 1.82) is 0 Å². The van der Waals surface area contributed by atoms with Crippen molar-refractivity contribution < 1.29 is 9.72 Å². The molecule has 0 spiro atoms. The number of aromatic nitrogens is 2. The molecular weight excluding hydrogens is 396 g/mol. The summed E-state index contributed by atoms with van der Waals surface area (Å²) in [7, 11) is 0. The summed E-state index contributed by atoms with van der Waals surface area (Å²) in [5.74, 6) is -0.596. The molecule has 24 heavy (non-hydrogen) atoms. The summed E-state index contributed by atoms with van der Waals surface area (Å²) in [4.78, 5) is 22.6. The summed E-state index contributed by atoms with van der Waals surface area (Å²) in [5.41, 5.74) is 0.581. The van der Waals surface area contributed by atoms with Crippen molar-refractivity contribution in [2.45, 2.75) is 0 Å². The van der Waals surface area contributed by atoms with Gasteiger partial charge in [0, 0.05) is 16.1 Å². The zero-order valence-electron chi connectivity index (χ0n) is 12.0. The number of hydrogen-bond donors (Lipinski definition) is 1. The van der Waals surface area contributed by atoms with Gasteiger partial charge in [-0.05, 0) is 18.2 Å². The number of rotatable bonds is 4. The molecule has 0 aliphatic heterocycles. The van der Waals surface area contributed by atoms with E-state index in [4.69, 9.17) is 0 Å². The van der Waals surface area contributed by atoms with Gasteiger partial charge in [-0.2, -0.15) is 0 Å². The molecule has 1 aromatic heterocycles. The molecule has 0 saturated carbocycles. The topological polar surface area (TPSA) is 98.0 Å². The van der Waals surface area contributed by atoms with Crippen molar-refractivity contribution in [2.24, 2.45) is 0 Å². The van der Waals surface area contributed by atoms with E-state index in [-0.39, 0.29) is 16.4 Å². The quantitative estimate of drug-likeness (QED) is 0.520. The van der Waals surface area contributed by atoms with Crippen LogP contribution in [0.5, 0.6) is 0 Å². The van der Waals surface area contributed by atoms with Gasteiger partial charge in [-0.25, -0.2) is 0 Å². The summed E-state index contributed by atoms with van der Waals surface area (Å²) < 4.78 is 0.945. The maximum atomic E-state index is 12.2. The van der Waals surface area contributed by atoms with Gasteiger partial charge in [-0.1, -0.05) is 51.5 Å². The Bertz CT molecular complexity index is 911. The highest BCUT2D eigenvalue weighted by Gasteiger charge is 2.20. The third kappa shape index (κ3) is 3.47. The Kier molecular flexibility index (Phi) is 4.63. The number of para-hydroxylation sites is 1. The van der Waals surface area contributed by atoms with Crippen LogP contribution in [0.25, 0.3) is 10.6 Å². The Morgan fingerprint density at radius 1 is 1.12 bits per heavy atom. The number of hydrogen-bond acceptors (Lipinski definition) is 6. The van der Waals surface area contributed by atoms with Crippen LogP contribution >= 0.6 is 27.3 Å². The van der Waals surface area contributed by atoms with Crippen LogP contribution in [0.1, 0.15) is 10.4 Å². The molecule has 1 N–H and O–H groups in total. The Hall–Kier alpha value is -2.65. The Morgan fingerprint density at radius 3 is 2.54 bits per heavy atom. The molecule has 3 rings (SSSR count). The van der Waals surface area contributed by atoms with Crippen LogP contribution in [0.3, 0.4) is 0 Å². The molecule has 0 unspecified atom stereocenters. The second kappa shape index (κ2) is 6.85. The zero-order valence-corrected chi connectivity index (χ0v) is 14.4. The van der Waals surface area contributed by atoms with Gasteiger partial charge >= 0.3 is 0 Å². The third-order valence-electron chi connectivity index (χ3n) is 3.08. The molecule has 9 heteroatoms. The fraction of sp³-hybridized carbons (Fsp3) is 0. The first-order chi connectivity index (χ1) is 11.5. The minimum Gasteiger partial charge on any atom is -0.296 e. The van der Waals surface area contributed by atoms with Gasteiger partial charge in [-0.3, -0.25) is 20.2 Å². The number of carbonyl (C=O) groups is 1. The number of halogens is 1. The van der Waals surface area contributed by atoms with Crippen molar-refractivity contribution in [3.8, 4) is 10.6 Å². The first kappa shape index (κ1) is 16.2. The molecule has 2 aromatic carbocycles. The highest BCUT2D eigenvalue weighted by Crippen LogP contribution is 2.28. The SMILES string of the molecule is O=C(Nc1nnc(-c2ccc(Br)cc2)s1)c1ccccc1[N+](=O)[O-]. The number of amides is 1. The van der Waals surface area contributed by atoms with E-state index in [9.17, 15) is 14.9 Å². The molecule has 1 heterocycles. The first-order valence-corrected chi connectivity index (χ1v) is 8.30. The summed E-state index contributed by atoms with van der Waals surface area (Å²) in [5, 5.41) is 22.4. The molecule has 7 nitrogen and oxygen atoms in total. The highest BCUT2D eigenvalue weighted by molar-refractivity contribution is 9.10. The van der Waals surface area contributed by atoms with Crippen molar-refractivity contribution in [3.63, 3.8) is 0 Å².